The number of esters is 1. The van der Waals surface area contributed by atoms with Crippen LogP contribution < -0.4 is 5.32 Å². The standard InChI is InChI=1S/C22H21N3O2/c1-14-4-8-16(9-5-14)18-19(21(26)27-3)25-20(22(18,12-23)13-24)17-10-6-15(2)7-11-17/h4-11,18-20,25H,1-3H3/t18-,19+,20-/m0/s1. The van der Waals surface area contributed by atoms with Crippen molar-refractivity contribution in [3.05, 3.63) is 70.8 Å². The smallest absolute Gasteiger partial charge is 0.323 e. The zero-order valence-corrected chi connectivity index (χ0v) is 15.6. The summed E-state index contributed by atoms with van der Waals surface area (Å²) in [6, 6.07) is 18.3. The Morgan fingerprint density at radius 2 is 1.44 bits per heavy atom. The lowest BCUT2D eigenvalue weighted by molar-refractivity contribution is -0.143. The minimum atomic E-state index is -1.44. The molecule has 0 aromatic heterocycles. The fourth-order valence-corrected chi connectivity index (χ4v) is 3.82. The summed E-state index contributed by atoms with van der Waals surface area (Å²) >= 11 is 0. The third kappa shape index (κ3) is 3.07. The zero-order chi connectivity index (χ0) is 19.6. The summed E-state index contributed by atoms with van der Waals surface area (Å²) in [4.78, 5) is 12.5. The first-order chi connectivity index (χ1) is 13.0. The van der Waals surface area contributed by atoms with Crippen LogP contribution in [0.5, 0.6) is 0 Å². The number of ether oxygens (including phenoxy) is 1. The highest BCUT2D eigenvalue weighted by Gasteiger charge is 2.59. The molecule has 0 amide bonds. The van der Waals surface area contributed by atoms with Crippen molar-refractivity contribution in [2.75, 3.05) is 7.11 Å². The third-order valence-corrected chi connectivity index (χ3v) is 5.30. The van der Waals surface area contributed by atoms with Gasteiger partial charge >= 0.3 is 5.97 Å². The molecule has 1 heterocycles. The van der Waals surface area contributed by atoms with Crippen LogP contribution in [0.4, 0.5) is 0 Å². The molecule has 5 nitrogen and oxygen atoms in total. The second-order valence-corrected chi connectivity index (χ2v) is 6.99. The highest BCUT2D eigenvalue weighted by atomic mass is 16.5. The van der Waals surface area contributed by atoms with Gasteiger partial charge in [-0.1, -0.05) is 59.7 Å². The van der Waals surface area contributed by atoms with Crippen LogP contribution in [0.15, 0.2) is 48.5 Å². The first-order valence-corrected chi connectivity index (χ1v) is 8.76. The molecule has 1 N–H and O–H groups in total. The summed E-state index contributed by atoms with van der Waals surface area (Å²) in [7, 11) is 1.32. The van der Waals surface area contributed by atoms with Crippen LogP contribution in [-0.2, 0) is 9.53 Å². The number of methoxy groups -OCH3 is 1. The lowest BCUT2D eigenvalue weighted by Crippen LogP contribution is -2.37. The number of nitriles is 2. The number of carbonyl (C=O) groups is 1. The average molecular weight is 359 g/mol. The Hall–Kier alpha value is -3.15. The Balaban J connectivity index is 2.18. The topological polar surface area (TPSA) is 85.9 Å². The van der Waals surface area contributed by atoms with Gasteiger partial charge in [-0.3, -0.25) is 10.1 Å². The van der Waals surface area contributed by atoms with Gasteiger partial charge in [0.1, 0.15) is 6.04 Å². The van der Waals surface area contributed by atoms with Crippen LogP contribution in [-0.4, -0.2) is 19.1 Å². The number of benzene rings is 2. The lowest BCUT2D eigenvalue weighted by atomic mass is 9.68. The van der Waals surface area contributed by atoms with Crippen molar-refractivity contribution >= 4 is 5.97 Å². The van der Waals surface area contributed by atoms with Crippen molar-refractivity contribution in [1.82, 2.24) is 5.32 Å². The van der Waals surface area contributed by atoms with Gasteiger partial charge in [-0.25, -0.2) is 0 Å². The maximum atomic E-state index is 12.5. The van der Waals surface area contributed by atoms with E-state index in [1.54, 1.807) is 0 Å². The molecule has 5 heteroatoms. The number of hydrogen-bond acceptors (Lipinski definition) is 5. The van der Waals surface area contributed by atoms with Crippen molar-refractivity contribution in [2.24, 2.45) is 5.41 Å². The Morgan fingerprint density at radius 3 is 1.89 bits per heavy atom. The molecule has 3 atom stereocenters. The maximum absolute atomic E-state index is 12.5. The van der Waals surface area contributed by atoms with Crippen molar-refractivity contribution in [1.29, 1.82) is 10.5 Å². The summed E-state index contributed by atoms with van der Waals surface area (Å²) in [5, 5.41) is 23.4. The highest BCUT2D eigenvalue weighted by molar-refractivity contribution is 5.79. The normalized spacial score (nSPS) is 23.2. The van der Waals surface area contributed by atoms with E-state index in [9.17, 15) is 15.3 Å². The molecule has 2 aromatic rings. The molecule has 0 saturated carbocycles. The summed E-state index contributed by atoms with van der Waals surface area (Å²) in [5.74, 6) is -1.13. The van der Waals surface area contributed by atoms with E-state index >= 15 is 0 Å². The molecule has 0 bridgehead atoms. The molecule has 1 aliphatic rings. The minimum absolute atomic E-state index is 0.481. The average Bonchev–Trinajstić information content (AvgIpc) is 3.04. The largest absolute Gasteiger partial charge is 0.468 e. The number of rotatable bonds is 3. The predicted molar refractivity (Wildman–Crippen MR) is 100 cm³/mol. The molecule has 0 unspecified atom stereocenters. The first-order valence-electron chi connectivity index (χ1n) is 8.76. The molecule has 1 fully saturated rings. The van der Waals surface area contributed by atoms with E-state index in [2.05, 4.69) is 17.5 Å². The first kappa shape index (κ1) is 18.6. The second kappa shape index (κ2) is 7.23. The molecule has 0 aliphatic carbocycles. The monoisotopic (exact) mass is 359 g/mol. The number of aryl methyl sites for hydroxylation is 2. The number of nitrogens with one attached hydrogen (secondary N) is 1. The van der Waals surface area contributed by atoms with E-state index in [0.29, 0.717) is 0 Å². The molecule has 1 aliphatic heterocycles. The molecule has 27 heavy (non-hydrogen) atoms. The molecule has 0 radical (unpaired) electrons. The van der Waals surface area contributed by atoms with E-state index in [0.717, 1.165) is 22.3 Å². The Morgan fingerprint density at radius 1 is 0.963 bits per heavy atom. The van der Waals surface area contributed by atoms with Gasteiger partial charge in [0, 0.05) is 5.92 Å². The summed E-state index contributed by atoms with van der Waals surface area (Å²) in [6.07, 6.45) is 0. The SMILES string of the molecule is COC(=O)[C@@H]1N[C@@H](c2ccc(C)cc2)C(C#N)(C#N)[C@H]1c1ccc(C)cc1. The van der Waals surface area contributed by atoms with E-state index in [1.165, 1.54) is 7.11 Å². The molecular formula is C22H21N3O2. The molecule has 136 valence electrons. The van der Waals surface area contributed by atoms with E-state index in [4.69, 9.17) is 4.74 Å². The van der Waals surface area contributed by atoms with Gasteiger partial charge in [-0.2, -0.15) is 10.5 Å². The van der Waals surface area contributed by atoms with Crippen molar-refractivity contribution in [3.8, 4) is 12.1 Å². The van der Waals surface area contributed by atoms with Gasteiger partial charge in [0.25, 0.3) is 0 Å². The van der Waals surface area contributed by atoms with Crippen LogP contribution >= 0.6 is 0 Å². The predicted octanol–water partition coefficient (Wildman–Crippen LogP) is 3.31. The number of hydrogen-bond donors (Lipinski definition) is 1. The number of nitrogens with zero attached hydrogens (tertiary/aromatic N) is 2. The van der Waals surface area contributed by atoms with Gasteiger partial charge < -0.3 is 4.74 Å². The Bertz CT molecular complexity index is 906. The molecule has 0 spiro atoms. The van der Waals surface area contributed by atoms with Gasteiger partial charge in [0.05, 0.1) is 25.3 Å². The quantitative estimate of drug-likeness (QED) is 0.850. The molecule has 1 saturated heterocycles. The van der Waals surface area contributed by atoms with Crippen LogP contribution in [0.1, 0.15) is 34.2 Å². The van der Waals surface area contributed by atoms with Crippen molar-refractivity contribution in [3.63, 3.8) is 0 Å². The Kier molecular flexibility index (Phi) is 4.99. The van der Waals surface area contributed by atoms with Crippen LogP contribution in [0.2, 0.25) is 0 Å². The van der Waals surface area contributed by atoms with Crippen LogP contribution in [0.25, 0.3) is 0 Å². The zero-order valence-electron chi connectivity index (χ0n) is 15.6. The van der Waals surface area contributed by atoms with Gasteiger partial charge in [0.15, 0.2) is 5.41 Å². The molecular weight excluding hydrogens is 338 g/mol. The summed E-state index contributed by atoms with van der Waals surface area (Å²) in [5.41, 5.74) is 2.27. The number of carbonyl (C=O) groups excluding carboxylic acids is 1. The summed E-state index contributed by atoms with van der Waals surface area (Å²) in [6.45, 7) is 3.94. The van der Waals surface area contributed by atoms with Gasteiger partial charge in [-0.15, -0.1) is 0 Å². The highest BCUT2D eigenvalue weighted by Crippen LogP contribution is 2.52. The molecule has 2 aromatic carbocycles. The van der Waals surface area contributed by atoms with E-state index < -0.39 is 29.4 Å². The second-order valence-electron chi connectivity index (χ2n) is 6.99. The van der Waals surface area contributed by atoms with E-state index in [-0.39, 0.29) is 0 Å². The lowest BCUT2D eigenvalue weighted by Gasteiger charge is -2.27. The van der Waals surface area contributed by atoms with Crippen LogP contribution in [0, 0.1) is 41.9 Å². The fraction of sp³-hybridized carbons (Fsp3) is 0.318. The maximum Gasteiger partial charge on any atom is 0.323 e. The fourth-order valence-electron chi connectivity index (χ4n) is 3.82. The van der Waals surface area contributed by atoms with Gasteiger partial charge in [-0.05, 0) is 25.0 Å². The van der Waals surface area contributed by atoms with E-state index in [1.807, 2.05) is 62.4 Å². The van der Waals surface area contributed by atoms with Crippen LogP contribution in [0.3, 0.4) is 0 Å². The van der Waals surface area contributed by atoms with Gasteiger partial charge in [0.2, 0.25) is 0 Å². The summed E-state index contributed by atoms with van der Waals surface area (Å²) < 4.78 is 4.97. The van der Waals surface area contributed by atoms with Crippen molar-refractivity contribution in [2.45, 2.75) is 31.8 Å². The third-order valence-electron chi connectivity index (χ3n) is 5.30. The minimum Gasteiger partial charge on any atom is -0.468 e. The van der Waals surface area contributed by atoms with Crippen molar-refractivity contribution < 1.29 is 9.53 Å². The Labute approximate surface area is 159 Å². The molecule has 3 rings (SSSR count).